The smallest absolute Gasteiger partial charge is 0.234 e. The fourth-order valence-corrected chi connectivity index (χ4v) is 3.13. The molecule has 2 rings (SSSR count). The average molecular weight is 317 g/mol. The van der Waals surface area contributed by atoms with Crippen LogP contribution < -0.4 is 5.32 Å². The van der Waals surface area contributed by atoms with Crippen molar-refractivity contribution in [1.82, 2.24) is 15.1 Å². The third-order valence-electron chi connectivity index (χ3n) is 4.43. The molecule has 0 unspecified atom stereocenters. The molecule has 1 N–H and O–H groups in total. The number of hydrogen-bond donors (Lipinski definition) is 1. The van der Waals surface area contributed by atoms with Gasteiger partial charge in [0.2, 0.25) is 5.91 Å². The van der Waals surface area contributed by atoms with E-state index in [4.69, 9.17) is 0 Å². The molecule has 1 aliphatic heterocycles. The second-order valence-corrected chi connectivity index (χ2v) is 7.00. The van der Waals surface area contributed by atoms with Crippen molar-refractivity contribution in [3.63, 3.8) is 0 Å². The van der Waals surface area contributed by atoms with Crippen LogP contribution in [-0.4, -0.2) is 61.5 Å². The Bertz CT molecular complexity index is 493. The van der Waals surface area contributed by atoms with Crippen molar-refractivity contribution in [2.75, 3.05) is 45.8 Å². The van der Waals surface area contributed by atoms with Crippen molar-refractivity contribution in [2.45, 2.75) is 27.2 Å². The fraction of sp³-hybridized carbons (Fsp3) is 0.632. The molecular formula is C19H31N3O. The molecule has 1 aromatic rings. The van der Waals surface area contributed by atoms with Gasteiger partial charge < -0.3 is 10.2 Å². The number of aryl methyl sites for hydroxylation is 1. The predicted octanol–water partition coefficient (Wildman–Crippen LogP) is 1.93. The second kappa shape index (κ2) is 9.04. The molecule has 4 nitrogen and oxygen atoms in total. The Hall–Kier alpha value is -1.39. The summed E-state index contributed by atoms with van der Waals surface area (Å²) in [7, 11) is 0. The first-order chi connectivity index (χ1) is 11.0. The van der Waals surface area contributed by atoms with Crippen molar-refractivity contribution >= 4 is 5.91 Å². The van der Waals surface area contributed by atoms with Crippen LogP contribution in [0.1, 0.15) is 25.0 Å². The zero-order valence-electron chi connectivity index (χ0n) is 14.8. The lowest BCUT2D eigenvalue weighted by Crippen LogP contribution is -2.50. The summed E-state index contributed by atoms with van der Waals surface area (Å²) in [6.07, 6.45) is 0.903. The van der Waals surface area contributed by atoms with Gasteiger partial charge >= 0.3 is 0 Å². The molecule has 0 spiro atoms. The Morgan fingerprint density at radius 3 is 2.43 bits per heavy atom. The van der Waals surface area contributed by atoms with Crippen LogP contribution in [0, 0.1) is 12.8 Å². The molecule has 0 saturated carbocycles. The highest BCUT2D eigenvalue weighted by atomic mass is 16.2. The van der Waals surface area contributed by atoms with Crippen LogP contribution in [0.2, 0.25) is 0 Å². The van der Waals surface area contributed by atoms with E-state index in [1.165, 1.54) is 11.1 Å². The number of rotatable bonds is 7. The van der Waals surface area contributed by atoms with Crippen LogP contribution in [0.4, 0.5) is 0 Å². The lowest BCUT2D eigenvalue weighted by atomic mass is 10.1. The van der Waals surface area contributed by atoms with Crippen LogP contribution in [0.5, 0.6) is 0 Å². The summed E-state index contributed by atoms with van der Waals surface area (Å²) in [5, 5.41) is 3.05. The van der Waals surface area contributed by atoms with Crippen LogP contribution >= 0.6 is 0 Å². The minimum absolute atomic E-state index is 0.149. The maximum Gasteiger partial charge on any atom is 0.234 e. The van der Waals surface area contributed by atoms with Crippen LogP contribution in [0.15, 0.2) is 24.3 Å². The molecule has 23 heavy (non-hydrogen) atoms. The molecule has 0 radical (unpaired) electrons. The van der Waals surface area contributed by atoms with Crippen molar-refractivity contribution in [1.29, 1.82) is 0 Å². The summed E-state index contributed by atoms with van der Waals surface area (Å²) >= 11 is 0. The SMILES string of the molecule is Cc1ccccc1CCNC(=O)CN1CCN(CC(C)C)CC1. The first-order valence-corrected chi connectivity index (χ1v) is 8.80. The molecule has 0 bridgehead atoms. The first kappa shape index (κ1) is 18.0. The van der Waals surface area contributed by atoms with Gasteiger partial charge in [-0.25, -0.2) is 0 Å². The number of carbonyl (C=O) groups excluding carboxylic acids is 1. The van der Waals surface area contributed by atoms with Gasteiger partial charge in [0.05, 0.1) is 6.54 Å². The normalized spacial score (nSPS) is 16.7. The molecule has 0 aliphatic carbocycles. The summed E-state index contributed by atoms with van der Waals surface area (Å²) in [6.45, 7) is 13.2. The number of amides is 1. The topological polar surface area (TPSA) is 35.6 Å². The maximum atomic E-state index is 12.1. The fourth-order valence-electron chi connectivity index (χ4n) is 3.13. The molecule has 1 heterocycles. The van der Waals surface area contributed by atoms with E-state index in [-0.39, 0.29) is 5.91 Å². The third-order valence-corrected chi connectivity index (χ3v) is 4.43. The third kappa shape index (κ3) is 6.32. The van der Waals surface area contributed by atoms with E-state index in [1.807, 2.05) is 0 Å². The number of carbonyl (C=O) groups is 1. The van der Waals surface area contributed by atoms with Gasteiger partial charge in [0.15, 0.2) is 0 Å². The van der Waals surface area contributed by atoms with Crippen molar-refractivity contribution in [3.05, 3.63) is 35.4 Å². The highest BCUT2D eigenvalue weighted by Crippen LogP contribution is 2.07. The Labute approximate surface area is 140 Å². The van der Waals surface area contributed by atoms with Crippen LogP contribution in [-0.2, 0) is 11.2 Å². The Morgan fingerprint density at radius 1 is 1.13 bits per heavy atom. The lowest BCUT2D eigenvalue weighted by Gasteiger charge is -2.35. The molecule has 1 fully saturated rings. The van der Waals surface area contributed by atoms with E-state index >= 15 is 0 Å². The molecule has 0 aromatic heterocycles. The van der Waals surface area contributed by atoms with E-state index in [1.54, 1.807) is 0 Å². The van der Waals surface area contributed by atoms with E-state index in [0.717, 1.165) is 45.7 Å². The Morgan fingerprint density at radius 2 is 1.78 bits per heavy atom. The minimum Gasteiger partial charge on any atom is -0.355 e. The predicted molar refractivity (Wildman–Crippen MR) is 95.6 cm³/mol. The van der Waals surface area contributed by atoms with Gasteiger partial charge in [-0.15, -0.1) is 0 Å². The van der Waals surface area contributed by atoms with Gasteiger partial charge in [0.1, 0.15) is 0 Å². The molecular weight excluding hydrogens is 286 g/mol. The molecule has 1 amide bonds. The number of piperazine rings is 1. The lowest BCUT2D eigenvalue weighted by molar-refractivity contribution is -0.122. The molecule has 4 heteroatoms. The number of hydrogen-bond acceptors (Lipinski definition) is 3. The zero-order valence-corrected chi connectivity index (χ0v) is 14.8. The molecule has 1 aromatic carbocycles. The van der Waals surface area contributed by atoms with Crippen LogP contribution in [0.25, 0.3) is 0 Å². The van der Waals surface area contributed by atoms with E-state index < -0.39 is 0 Å². The summed E-state index contributed by atoms with van der Waals surface area (Å²) in [5.41, 5.74) is 2.61. The number of nitrogens with zero attached hydrogens (tertiary/aromatic N) is 2. The van der Waals surface area contributed by atoms with Crippen LogP contribution in [0.3, 0.4) is 0 Å². The van der Waals surface area contributed by atoms with Gasteiger partial charge in [-0.3, -0.25) is 9.69 Å². The van der Waals surface area contributed by atoms with Crippen molar-refractivity contribution in [2.24, 2.45) is 5.92 Å². The van der Waals surface area contributed by atoms with E-state index in [0.29, 0.717) is 12.5 Å². The molecule has 128 valence electrons. The monoisotopic (exact) mass is 317 g/mol. The minimum atomic E-state index is 0.149. The van der Waals surface area contributed by atoms with Gasteiger partial charge in [-0.05, 0) is 30.4 Å². The average Bonchev–Trinajstić information content (AvgIpc) is 2.51. The standard InChI is InChI=1S/C19H31N3O/c1-16(2)14-21-10-12-22(13-11-21)15-19(23)20-9-8-18-7-5-4-6-17(18)3/h4-7,16H,8-15H2,1-3H3,(H,20,23). The largest absolute Gasteiger partial charge is 0.355 e. The summed E-state index contributed by atoms with van der Waals surface area (Å²) in [6, 6.07) is 8.36. The van der Waals surface area contributed by atoms with Gasteiger partial charge in [-0.1, -0.05) is 38.1 Å². The maximum absolute atomic E-state index is 12.1. The van der Waals surface area contributed by atoms with Crippen molar-refractivity contribution in [3.8, 4) is 0 Å². The quantitative estimate of drug-likeness (QED) is 0.835. The summed E-state index contributed by atoms with van der Waals surface area (Å²) < 4.78 is 0. The Kier molecular flexibility index (Phi) is 7.06. The number of nitrogens with one attached hydrogen (secondary N) is 1. The first-order valence-electron chi connectivity index (χ1n) is 8.80. The van der Waals surface area contributed by atoms with Crippen molar-refractivity contribution < 1.29 is 4.79 Å². The van der Waals surface area contributed by atoms with Gasteiger partial charge in [0.25, 0.3) is 0 Å². The summed E-state index contributed by atoms with van der Waals surface area (Å²) in [5.74, 6) is 0.863. The Balaban J connectivity index is 1.63. The zero-order chi connectivity index (χ0) is 16.7. The van der Waals surface area contributed by atoms with E-state index in [9.17, 15) is 4.79 Å². The highest BCUT2D eigenvalue weighted by Gasteiger charge is 2.19. The van der Waals surface area contributed by atoms with Gasteiger partial charge in [0, 0.05) is 39.3 Å². The van der Waals surface area contributed by atoms with E-state index in [2.05, 4.69) is 60.2 Å². The summed E-state index contributed by atoms with van der Waals surface area (Å²) in [4.78, 5) is 16.8. The molecule has 0 atom stereocenters. The highest BCUT2D eigenvalue weighted by molar-refractivity contribution is 5.78. The second-order valence-electron chi connectivity index (χ2n) is 7.00. The molecule has 1 saturated heterocycles. The number of benzene rings is 1. The molecule has 1 aliphatic rings. The van der Waals surface area contributed by atoms with Gasteiger partial charge in [-0.2, -0.15) is 0 Å².